The van der Waals surface area contributed by atoms with Crippen LogP contribution in [-0.4, -0.2) is 35.5 Å². The first-order chi connectivity index (χ1) is 13.2. The summed E-state index contributed by atoms with van der Waals surface area (Å²) in [5.41, 5.74) is 3.53. The van der Waals surface area contributed by atoms with Gasteiger partial charge in [0.2, 0.25) is 11.9 Å². The normalized spacial score (nSPS) is 14.3. The van der Waals surface area contributed by atoms with Crippen LogP contribution in [0, 0.1) is 0 Å². The second-order valence-electron chi connectivity index (χ2n) is 6.17. The number of aromatic nitrogens is 2. The summed E-state index contributed by atoms with van der Waals surface area (Å²) in [5, 5.41) is 6.96. The average Bonchev–Trinajstić information content (AvgIpc) is 2.70. The number of hydrogen-bond donors (Lipinski definition) is 2. The molecule has 1 aliphatic heterocycles. The molecule has 0 atom stereocenters. The molecule has 136 valence electrons. The third-order valence-electron chi connectivity index (χ3n) is 4.32. The molecule has 0 radical (unpaired) electrons. The fraction of sp³-hybridized carbons (Fsp3) is 0.150. The zero-order chi connectivity index (χ0) is 18.6. The van der Waals surface area contributed by atoms with E-state index in [0.29, 0.717) is 24.1 Å². The second-order valence-corrected chi connectivity index (χ2v) is 6.60. The highest BCUT2D eigenvalue weighted by molar-refractivity contribution is 6.30. The number of nitrogens with one attached hydrogen (secondary N) is 2. The number of carbonyl (C=O) groups is 1. The summed E-state index contributed by atoms with van der Waals surface area (Å²) >= 11 is 5.94. The van der Waals surface area contributed by atoms with Crippen molar-refractivity contribution < 1.29 is 4.79 Å². The van der Waals surface area contributed by atoms with E-state index in [-0.39, 0.29) is 5.91 Å². The third-order valence-corrected chi connectivity index (χ3v) is 4.57. The maximum absolute atomic E-state index is 12.0. The largest absolute Gasteiger partial charge is 0.324 e. The lowest BCUT2D eigenvalue weighted by Gasteiger charge is -2.27. The summed E-state index contributed by atoms with van der Waals surface area (Å²) in [7, 11) is 0. The van der Waals surface area contributed by atoms with Crippen LogP contribution >= 0.6 is 11.6 Å². The van der Waals surface area contributed by atoms with Gasteiger partial charge in [-0.2, -0.15) is 0 Å². The van der Waals surface area contributed by atoms with E-state index < -0.39 is 0 Å². The molecule has 0 bridgehead atoms. The zero-order valence-electron chi connectivity index (χ0n) is 14.5. The highest BCUT2D eigenvalue weighted by Gasteiger charge is 2.18. The van der Waals surface area contributed by atoms with Gasteiger partial charge in [0.1, 0.15) is 0 Å². The SMILES string of the molecule is O=C1CNCCN1c1ccc(Nc2nccc(-c3ccc(Cl)cc3)n2)cc1. The van der Waals surface area contributed by atoms with Gasteiger partial charge in [-0.05, 0) is 42.5 Å². The molecular formula is C20H18ClN5O. The summed E-state index contributed by atoms with van der Waals surface area (Å²) < 4.78 is 0. The Labute approximate surface area is 162 Å². The smallest absolute Gasteiger partial charge is 0.240 e. The first-order valence-corrected chi connectivity index (χ1v) is 9.04. The van der Waals surface area contributed by atoms with Gasteiger partial charge in [-0.1, -0.05) is 23.7 Å². The Morgan fingerprint density at radius 3 is 2.56 bits per heavy atom. The van der Waals surface area contributed by atoms with Crippen LogP contribution in [0.3, 0.4) is 0 Å². The average molecular weight is 380 g/mol. The molecule has 1 saturated heterocycles. The van der Waals surface area contributed by atoms with E-state index in [9.17, 15) is 4.79 Å². The number of anilines is 3. The third kappa shape index (κ3) is 4.07. The molecule has 4 rings (SSSR count). The molecule has 6 nitrogen and oxygen atoms in total. The van der Waals surface area contributed by atoms with Gasteiger partial charge < -0.3 is 15.5 Å². The van der Waals surface area contributed by atoms with Gasteiger partial charge in [-0.25, -0.2) is 9.97 Å². The van der Waals surface area contributed by atoms with Gasteiger partial charge in [0.15, 0.2) is 0 Å². The Bertz CT molecular complexity index is 943. The fourth-order valence-electron chi connectivity index (χ4n) is 2.93. The van der Waals surface area contributed by atoms with Crippen molar-refractivity contribution in [1.82, 2.24) is 15.3 Å². The monoisotopic (exact) mass is 379 g/mol. The minimum Gasteiger partial charge on any atom is -0.324 e. The lowest BCUT2D eigenvalue weighted by Crippen LogP contribution is -2.48. The maximum Gasteiger partial charge on any atom is 0.240 e. The number of hydrogen-bond acceptors (Lipinski definition) is 5. The Balaban J connectivity index is 1.50. The molecule has 1 amide bonds. The van der Waals surface area contributed by atoms with Crippen molar-refractivity contribution in [3.63, 3.8) is 0 Å². The Morgan fingerprint density at radius 2 is 1.81 bits per heavy atom. The Morgan fingerprint density at radius 1 is 1.04 bits per heavy atom. The molecule has 7 heteroatoms. The summed E-state index contributed by atoms with van der Waals surface area (Å²) in [4.78, 5) is 22.6. The van der Waals surface area contributed by atoms with Crippen LogP contribution in [0.25, 0.3) is 11.3 Å². The van der Waals surface area contributed by atoms with Crippen molar-refractivity contribution in [2.24, 2.45) is 0 Å². The minimum absolute atomic E-state index is 0.0842. The van der Waals surface area contributed by atoms with E-state index in [1.165, 1.54) is 0 Å². The highest BCUT2D eigenvalue weighted by atomic mass is 35.5. The standard InChI is InChI=1S/C20H18ClN5O/c21-15-3-1-14(2-4-15)18-9-10-23-20(25-18)24-16-5-7-17(8-6-16)26-12-11-22-13-19(26)27/h1-10,22H,11-13H2,(H,23,24,25). The van der Waals surface area contributed by atoms with Gasteiger partial charge in [0.05, 0.1) is 12.2 Å². The van der Waals surface area contributed by atoms with E-state index in [4.69, 9.17) is 11.6 Å². The van der Waals surface area contributed by atoms with Crippen molar-refractivity contribution in [1.29, 1.82) is 0 Å². The van der Waals surface area contributed by atoms with Crippen LogP contribution in [0.1, 0.15) is 0 Å². The fourth-order valence-corrected chi connectivity index (χ4v) is 3.06. The Hall–Kier alpha value is -2.96. The van der Waals surface area contributed by atoms with Gasteiger partial charge in [-0.3, -0.25) is 4.79 Å². The number of halogens is 1. The molecule has 1 aliphatic rings. The maximum atomic E-state index is 12.0. The Kier molecular flexibility index (Phi) is 5.00. The van der Waals surface area contributed by atoms with Crippen molar-refractivity contribution in [3.05, 3.63) is 65.8 Å². The molecular weight excluding hydrogens is 362 g/mol. The highest BCUT2D eigenvalue weighted by Crippen LogP contribution is 2.23. The molecule has 2 N–H and O–H groups in total. The van der Waals surface area contributed by atoms with Crippen molar-refractivity contribution in [3.8, 4) is 11.3 Å². The quantitative estimate of drug-likeness (QED) is 0.726. The van der Waals surface area contributed by atoms with Crippen molar-refractivity contribution in [2.75, 3.05) is 29.9 Å². The van der Waals surface area contributed by atoms with Crippen LogP contribution in [0.4, 0.5) is 17.3 Å². The number of carbonyl (C=O) groups excluding carboxylic acids is 1. The first kappa shape index (κ1) is 17.5. The van der Waals surface area contributed by atoms with Crippen LogP contribution < -0.4 is 15.5 Å². The van der Waals surface area contributed by atoms with Crippen LogP contribution in [0.15, 0.2) is 60.8 Å². The summed E-state index contributed by atoms with van der Waals surface area (Å²) in [6.07, 6.45) is 1.72. The lowest BCUT2D eigenvalue weighted by molar-refractivity contribution is -0.118. The van der Waals surface area contributed by atoms with Crippen LogP contribution in [0.2, 0.25) is 5.02 Å². The molecule has 0 unspecified atom stereocenters. The number of benzene rings is 2. The van der Waals surface area contributed by atoms with Gasteiger partial charge in [0.25, 0.3) is 0 Å². The summed E-state index contributed by atoms with van der Waals surface area (Å²) in [6, 6.07) is 17.1. The first-order valence-electron chi connectivity index (χ1n) is 8.66. The van der Waals surface area contributed by atoms with Crippen LogP contribution in [-0.2, 0) is 4.79 Å². The van der Waals surface area contributed by atoms with Crippen LogP contribution in [0.5, 0.6) is 0 Å². The van der Waals surface area contributed by atoms with Crippen molar-refractivity contribution in [2.45, 2.75) is 0 Å². The molecule has 0 spiro atoms. The topological polar surface area (TPSA) is 70.2 Å². The molecule has 27 heavy (non-hydrogen) atoms. The van der Waals surface area contributed by atoms with E-state index in [0.717, 1.165) is 29.2 Å². The number of amides is 1. The predicted octanol–water partition coefficient (Wildman–Crippen LogP) is 3.48. The number of rotatable bonds is 4. The molecule has 2 heterocycles. The summed E-state index contributed by atoms with van der Waals surface area (Å²) in [6.45, 7) is 1.86. The van der Waals surface area contributed by atoms with Gasteiger partial charge in [-0.15, -0.1) is 0 Å². The summed E-state index contributed by atoms with van der Waals surface area (Å²) in [5.74, 6) is 0.592. The molecule has 0 saturated carbocycles. The van der Waals surface area contributed by atoms with E-state index in [1.807, 2.05) is 54.6 Å². The van der Waals surface area contributed by atoms with E-state index >= 15 is 0 Å². The minimum atomic E-state index is 0.0842. The molecule has 2 aromatic carbocycles. The molecule has 3 aromatic rings. The van der Waals surface area contributed by atoms with Gasteiger partial charge in [0, 0.05) is 41.2 Å². The lowest BCUT2D eigenvalue weighted by atomic mass is 10.1. The number of piperazine rings is 1. The predicted molar refractivity (Wildman–Crippen MR) is 107 cm³/mol. The molecule has 0 aliphatic carbocycles. The molecule has 1 fully saturated rings. The zero-order valence-corrected chi connectivity index (χ0v) is 15.3. The van der Waals surface area contributed by atoms with Gasteiger partial charge >= 0.3 is 0 Å². The second kappa shape index (κ2) is 7.73. The van der Waals surface area contributed by atoms with E-state index in [1.54, 1.807) is 11.1 Å². The number of nitrogens with zero attached hydrogens (tertiary/aromatic N) is 3. The van der Waals surface area contributed by atoms with Crippen molar-refractivity contribution >= 4 is 34.8 Å². The van der Waals surface area contributed by atoms with E-state index in [2.05, 4.69) is 20.6 Å². The molecule has 1 aromatic heterocycles.